The average Bonchev–Trinajstić information content (AvgIpc) is 2.35. The first-order chi connectivity index (χ1) is 9.24. The van der Waals surface area contributed by atoms with Gasteiger partial charge in [0.2, 0.25) is 11.9 Å². The number of likely N-dealkylation sites (N-methyl/N-ethyl adjacent to an activating group) is 1. The minimum Gasteiger partial charge on any atom is -0.461 e. The van der Waals surface area contributed by atoms with Gasteiger partial charge >= 0.3 is 6.01 Å². The Labute approximate surface area is 120 Å². The van der Waals surface area contributed by atoms with Crippen molar-refractivity contribution >= 4 is 11.9 Å². The van der Waals surface area contributed by atoms with Crippen LogP contribution in [0.2, 0.25) is 0 Å². The highest BCUT2D eigenvalue weighted by Gasteiger charge is 2.20. The predicted octanol–water partition coefficient (Wildman–Crippen LogP) is 0.697. The monoisotopic (exact) mass is 283 g/mol. The van der Waals surface area contributed by atoms with Gasteiger partial charge in [-0.05, 0) is 41.8 Å². The highest BCUT2D eigenvalue weighted by atomic mass is 16.5. The number of nitrogen functional groups attached to an aromatic ring is 1. The fraction of sp³-hybridized carbons (Fsp3) is 0.750. The van der Waals surface area contributed by atoms with E-state index in [1.807, 2.05) is 27.9 Å². The molecule has 0 saturated carbocycles. The third kappa shape index (κ3) is 4.78. The molecule has 0 aliphatic carbocycles. The second-order valence-electron chi connectivity index (χ2n) is 5.64. The lowest BCUT2D eigenvalue weighted by Crippen LogP contribution is -2.44. The Morgan fingerprint density at radius 1 is 1.20 bits per heavy atom. The smallest absolute Gasteiger partial charge is 0.323 e. The number of nitrogens with two attached hydrogens (primary N) is 1. The fourth-order valence-corrected chi connectivity index (χ4v) is 1.22. The van der Waals surface area contributed by atoms with E-state index in [0.717, 1.165) is 0 Å². The molecule has 0 unspecified atom stereocenters. The van der Waals surface area contributed by atoms with E-state index in [-0.39, 0.29) is 23.6 Å². The van der Waals surface area contributed by atoms with Crippen molar-refractivity contribution in [3.63, 3.8) is 0 Å². The summed E-state index contributed by atoms with van der Waals surface area (Å²) >= 11 is 0. The number of hydrazine groups is 1. The van der Waals surface area contributed by atoms with Gasteiger partial charge in [0.1, 0.15) is 0 Å². The van der Waals surface area contributed by atoms with Crippen LogP contribution in [-0.4, -0.2) is 52.1 Å². The molecule has 1 aromatic rings. The molecule has 0 aliphatic rings. The van der Waals surface area contributed by atoms with Gasteiger partial charge in [-0.25, -0.2) is 5.84 Å². The third-order valence-corrected chi connectivity index (χ3v) is 2.97. The van der Waals surface area contributed by atoms with E-state index >= 15 is 0 Å². The molecule has 0 fully saturated rings. The van der Waals surface area contributed by atoms with E-state index in [4.69, 9.17) is 10.6 Å². The molecule has 1 aromatic heterocycles. The number of anilines is 2. The average molecular weight is 283 g/mol. The normalized spacial score (nSPS) is 11.8. The van der Waals surface area contributed by atoms with Crippen molar-refractivity contribution < 1.29 is 4.74 Å². The first-order valence-corrected chi connectivity index (χ1v) is 6.55. The molecule has 0 amide bonds. The van der Waals surface area contributed by atoms with E-state index < -0.39 is 0 Å². The van der Waals surface area contributed by atoms with Crippen molar-refractivity contribution in [1.29, 1.82) is 0 Å². The maximum Gasteiger partial charge on any atom is 0.323 e. The van der Waals surface area contributed by atoms with Crippen LogP contribution < -0.4 is 21.3 Å². The highest BCUT2D eigenvalue weighted by molar-refractivity contribution is 5.35. The molecular formula is C12H25N7O. The summed E-state index contributed by atoms with van der Waals surface area (Å²) in [5.74, 6) is 6.05. The Morgan fingerprint density at radius 2 is 1.80 bits per heavy atom. The van der Waals surface area contributed by atoms with Crippen LogP contribution in [0.4, 0.5) is 11.9 Å². The van der Waals surface area contributed by atoms with Gasteiger partial charge in [0, 0.05) is 12.1 Å². The van der Waals surface area contributed by atoms with Gasteiger partial charge in [-0.2, -0.15) is 15.0 Å². The molecule has 20 heavy (non-hydrogen) atoms. The Bertz CT molecular complexity index is 434. The third-order valence-electron chi connectivity index (χ3n) is 2.97. The number of aromatic nitrogens is 3. The summed E-state index contributed by atoms with van der Waals surface area (Å²) in [4.78, 5) is 14.5. The molecule has 114 valence electrons. The van der Waals surface area contributed by atoms with Gasteiger partial charge in [0.25, 0.3) is 0 Å². The van der Waals surface area contributed by atoms with Crippen LogP contribution in [0, 0.1) is 0 Å². The minimum atomic E-state index is -0.0397. The maximum absolute atomic E-state index is 5.47. The quantitative estimate of drug-likeness (QED) is 0.496. The lowest BCUT2D eigenvalue weighted by molar-refractivity contribution is 0.209. The van der Waals surface area contributed by atoms with Gasteiger partial charge in [0.05, 0.1) is 6.10 Å². The molecule has 1 rings (SSSR count). The lowest BCUT2D eigenvalue weighted by Gasteiger charge is -2.32. The zero-order valence-electron chi connectivity index (χ0n) is 13.1. The largest absolute Gasteiger partial charge is 0.461 e. The first kappa shape index (κ1) is 16.4. The summed E-state index contributed by atoms with van der Waals surface area (Å²) in [6, 6.07) is 0.244. The number of rotatable bonds is 7. The van der Waals surface area contributed by atoms with Gasteiger partial charge in [-0.3, -0.25) is 5.43 Å². The number of nitrogens with zero attached hydrogens (tertiary/aromatic N) is 4. The Morgan fingerprint density at radius 3 is 2.30 bits per heavy atom. The van der Waals surface area contributed by atoms with Gasteiger partial charge in [0.15, 0.2) is 0 Å². The number of ether oxygens (including phenoxy) is 1. The number of hydrogen-bond donors (Lipinski definition) is 3. The van der Waals surface area contributed by atoms with Crippen molar-refractivity contribution in [2.45, 2.75) is 39.3 Å². The Kier molecular flexibility index (Phi) is 5.46. The predicted molar refractivity (Wildman–Crippen MR) is 79.7 cm³/mol. The number of nitrogens with one attached hydrogen (secondary N) is 2. The van der Waals surface area contributed by atoms with Crippen LogP contribution >= 0.6 is 0 Å². The Hall–Kier alpha value is -1.67. The van der Waals surface area contributed by atoms with Crippen molar-refractivity contribution in [3.05, 3.63) is 0 Å². The van der Waals surface area contributed by atoms with Crippen molar-refractivity contribution in [1.82, 2.24) is 19.9 Å². The van der Waals surface area contributed by atoms with Gasteiger partial charge in [-0.1, -0.05) is 0 Å². The van der Waals surface area contributed by atoms with Crippen molar-refractivity contribution in [3.8, 4) is 6.01 Å². The number of hydrogen-bond acceptors (Lipinski definition) is 8. The van der Waals surface area contributed by atoms with Crippen LogP contribution in [0.3, 0.4) is 0 Å². The van der Waals surface area contributed by atoms with Crippen LogP contribution in [0.15, 0.2) is 0 Å². The molecule has 0 aliphatic heterocycles. The molecule has 0 aromatic carbocycles. The first-order valence-electron chi connectivity index (χ1n) is 6.55. The van der Waals surface area contributed by atoms with E-state index in [0.29, 0.717) is 12.5 Å². The topological polar surface area (TPSA) is 101 Å². The molecule has 4 N–H and O–H groups in total. The summed E-state index contributed by atoms with van der Waals surface area (Å²) in [5.41, 5.74) is 2.37. The maximum atomic E-state index is 5.47. The lowest BCUT2D eigenvalue weighted by atomic mass is 10.1. The molecule has 0 bridgehead atoms. The molecule has 8 nitrogen and oxygen atoms in total. The van der Waals surface area contributed by atoms with Crippen molar-refractivity contribution in [2.24, 2.45) is 5.84 Å². The Balaban J connectivity index is 2.83. The molecule has 0 radical (unpaired) electrons. The molecule has 0 atom stereocenters. The van der Waals surface area contributed by atoms with E-state index in [1.165, 1.54) is 0 Å². The van der Waals surface area contributed by atoms with Gasteiger partial charge in [-0.15, -0.1) is 0 Å². The van der Waals surface area contributed by atoms with Crippen LogP contribution in [0.25, 0.3) is 0 Å². The summed E-state index contributed by atoms with van der Waals surface area (Å²) in [7, 11) is 4.05. The van der Waals surface area contributed by atoms with Crippen molar-refractivity contribution in [2.75, 3.05) is 31.4 Å². The van der Waals surface area contributed by atoms with E-state index in [9.17, 15) is 0 Å². The highest BCUT2D eigenvalue weighted by Crippen LogP contribution is 2.14. The summed E-state index contributed by atoms with van der Waals surface area (Å²) in [6.07, 6.45) is -0.0194. The summed E-state index contributed by atoms with van der Waals surface area (Å²) in [5, 5.41) is 3.18. The van der Waals surface area contributed by atoms with Crippen LogP contribution in [0.5, 0.6) is 6.01 Å². The molecule has 1 heterocycles. The zero-order chi connectivity index (χ0) is 15.3. The van der Waals surface area contributed by atoms with Gasteiger partial charge < -0.3 is 15.0 Å². The van der Waals surface area contributed by atoms with Crippen LogP contribution in [0.1, 0.15) is 27.7 Å². The molecule has 0 saturated heterocycles. The minimum absolute atomic E-state index is 0.0194. The second kappa shape index (κ2) is 6.67. The zero-order valence-corrected chi connectivity index (χ0v) is 13.1. The van der Waals surface area contributed by atoms with E-state index in [1.54, 1.807) is 0 Å². The van der Waals surface area contributed by atoms with Crippen LogP contribution in [-0.2, 0) is 0 Å². The summed E-state index contributed by atoms with van der Waals surface area (Å²) in [6.45, 7) is 8.72. The SMILES string of the molecule is CC(C)Oc1nc(NN)nc(NCC(C)(C)N(C)C)n1. The molecular weight excluding hydrogens is 258 g/mol. The molecule has 0 spiro atoms. The summed E-state index contributed by atoms with van der Waals surface area (Å²) < 4.78 is 5.47. The fourth-order valence-electron chi connectivity index (χ4n) is 1.22. The molecule has 8 heteroatoms. The van der Waals surface area contributed by atoms with E-state index in [2.05, 4.69) is 44.4 Å². The standard InChI is InChI=1S/C12H25N7O/c1-8(2)20-11-16-9(15-10(17-11)18-13)14-7-12(3,4)19(5)6/h8H,7,13H2,1-6H3,(H2,14,15,16,17,18). The second-order valence-corrected chi connectivity index (χ2v) is 5.64.